The van der Waals surface area contributed by atoms with Gasteiger partial charge in [-0.1, -0.05) is 20.8 Å². The molecule has 0 aromatic rings. The Balaban J connectivity index is 3.32. The van der Waals surface area contributed by atoms with Gasteiger partial charge >= 0.3 is 0 Å². The molecule has 4 nitrogen and oxygen atoms in total. The van der Waals surface area contributed by atoms with E-state index in [4.69, 9.17) is 0 Å². The van der Waals surface area contributed by atoms with Gasteiger partial charge in [0.1, 0.15) is 0 Å². The van der Waals surface area contributed by atoms with Crippen LogP contribution in [0.5, 0.6) is 0 Å². The zero-order valence-corrected chi connectivity index (χ0v) is 10.4. The highest BCUT2D eigenvalue weighted by Crippen LogP contribution is 2.09. The number of rotatable bonds is 6. The first-order valence-electron chi connectivity index (χ1n) is 4.86. The lowest BCUT2D eigenvalue weighted by Crippen LogP contribution is -2.30. The molecule has 0 fully saturated rings. The van der Waals surface area contributed by atoms with Crippen LogP contribution in [-0.4, -0.2) is 34.3 Å². The number of hydrogen-bond acceptors (Lipinski definition) is 3. The Morgan fingerprint density at radius 3 is 2.14 bits per heavy atom. The van der Waals surface area contributed by atoms with Gasteiger partial charge in [0.05, 0.1) is 6.26 Å². The Bertz CT molecular complexity index is 242. The fourth-order valence-corrected chi connectivity index (χ4v) is 1.45. The van der Waals surface area contributed by atoms with E-state index in [1.54, 1.807) is 0 Å². The quantitative estimate of drug-likeness (QED) is 0.646. The zero-order valence-electron chi connectivity index (χ0n) is 9.55. The molecule has 0 saturated heterocycles. The van der Waals surface area contributed by atoms with Crippen LogP contribution in [0.25, 0.3) is 0 Å². The van der Waals surface area contributed by atoms with E-state index in [0.29, 0.717) is 6.54 Å². The molecule has 14 heavy (non-hydrogen) atoms. The summed E-state index contributed by atoms with van der Waals surface area (Å²) in [5.74, 6) is 0. The van der Waals surface area contributed by atoms with Gasteiger partial charge in [0.15, 0.2) is 0 Å². The molecular weight excluding hydrogens is 200 g/mol. The largest absolute Gasteiger partial charge is 0.316 e. The van der Waals surface area contributed by atoms with Gasteiger partial charge in [0, 0.05) is 6.54 Å². The maximum absolute atomic E-state index is 10.7. The Labute approximate surface area is 87.5 Å². The van der Waals surface area contributed by atoms with E-state index in [1.165, 1.54) is 6.26 Å². The maximum atomic E-state index is 10.7. The summed E-state index contributed by atoms with van der Waals surface area (Å²) in [6.45, 7) is 8.79. The Kier molecular flexibility index (Phi) is 5.63. The first kappa shape index (κ1) is 13.9. The summed E-state index contributed by atoms with van der Waals surface area (Å²) < 4.78 is 23.8. The van der Waals surface area contributed by atoms with Crippen LogP contribution in [0, 0.1) is 5.41 Å². The molecule has 0 aromatic heterocycles. The van der Waals surface area contributed by atoms with Gasteiger partial charge in [-0.25, -0.2) is 13.1 Å². The molecule has 0 saturated carbocycles. The normalized spacial score (nSPS) is 13.1. The van der Waals surface area contributed by atoms with Crippen molar-refractivity contribution in [3.8, 4) is 0 Å². The maximum Gasteiger partial charge on any atom is 0.208 e. The summed E-state index contributed by atoms with van der Waals surface area (Å²) >= 11 is 0. The summed E-state index contributed by atoms with van der Waals surface area (Å²) in [6, 6.07) is 0. The van der Waals surface area contributed by atoms with Crippen LogP contribution in [0.1, 0.15) is 27.2 Å². The van der Waals surface area contributed by atoms with E-state index in [9.17, 15) is 8.42 Å². The highest BCUT2D eigenvalue weighted by Gasteiger charge is 2.08. The number of nitrogens with one attached hydrogen (secondary N) is 2. The first-order valence-corrected chi connectivity index (χ1v) is 6.75. The van der Waals surface area contributed by atoms with Gasteiger partial charge in [-0.3, -0.25) is 0 Å². The second-order valence-corrected chi connectivity index (χ2v) is 6.59. The third kappa shape index (κ3) is 11.9. The van der Waals surface area contributed by atoms with Crippen molar-refractivity contribution in [2.75, 3.05) is 25.9 Å². The Morgan fingerprint density at radius 1 is 1.14 bits per heavy atom. The predicted octanol–water partition coefficient (Wildman–Crippen LogP) is 0.561. The lowest BCUT2D eigenvalue weighted by molar-refractivity contribution is 0.379. The summed E-state index contributed by atoms with van der Waals surface area (Å²) in [5.41, 5.74) is 0.282. The molecule has 86 valence electrons. The second-order valence-electron chi connectivity index (χ2n) is 4.76. The lowest BCUT2D eigenvalue weighted by atomic mass is 9.97. The van der Waals surface area contributed by atoms with Gasteiger partial charge < -0.3 is 5.32 Å². The molecule has 0 radical (unpaired) electrons. The van der Waals surface area contributed by atoms with E-state index in [2.05, 4.69) is 30.8 Å². The van der Waals surface area contributed by atoms with E-state index < -0.39 is 10.0 Å². The third-order valence-corrected chi connectivity index (χ3v) is 2.28. The van der Waals surface area contributed by atoms with Crippen molar-refractivity contribution in [2.45, 2.75) is 27.2 Å². The summed E-state index contributed by atoms with van der Waals surface area (Å²) in [7, 11) is -3.02. The fraction of sp³-hybridized carbons (Fsp3) is 1.00. The van der Waals surface area contributed by atoms with Gasteiger partial charge in [-0.15, -0.1) is 0 Å². The Hall–Kier alpha value is -0.130. The van der Waals surface area contributed by atoms with Crippen molar-refractivity contribution < 1.29 is 8.42 Å². The van der Waals surface area contributed by atoms with E-state index >= 15 is 0 Å². The van der Waals surface area contributed by atoms with Crippen molar-refractivity contribution in [3.63, 3.8) is 0 Å². The molecule has 0 aliphatic heterocycles. The molecule has 0 spiro atoms. The number of hydrogen-bond donors (Lipinski definition) is 2. The fourth-order valence-electron chi connectivity index (χ4n) is 0.934. The van der Waals surface area contributed by atoms with Crippen molar-refractivity contribution in [3.05, 3.63) is 0 Å². The number of sulfonamides is 1. The highest BCUT2D eigenvalue weighted by molar-refractivity contribution is 7.88. The monoisotopic (exact) mass is 222 g/mol. The van der Waals surface area contributed by atoms with Crippen LogP contribution >= 0.6 is 0 Å². The van der Waals surface area contributed by atoms with Crippen LogP contribution < -0.4 is 10.0 Å². The molecule has 0 amide bonds. The minimum atomic E-state index is -3.02. The van der Waals surface area contributed by atoms with Crippen LogP contribution in [0.15, 0.2) is 0 Å². The topological polar surface area (TPSA) is 58.2 Å². The molecule has 2 N–H and O–H groups in total. The van der Waals surface area contributed by atoms with Gasteiger partial charge in [-0.05, 0) is 24.9 Å². The summed E-state index contributed by atoms with van der Waals surface area (Å²) in [5, 5.41) is 3.28. The lowest BCUT2D eigenvalue weighted by Gasteiger charge is -2.18. The minimum Gasteiger partial charge on any atom is -0.316 e. The van der Waals surface area contributed by atoms with Crippen molar-refractivity contribution in [1.82, 2.24) is 10.0 Å². The molecule has 0 aliphatic rings. The molecule has 0 unspecified atom stereocenters. The van der Waals surface area contributed by atoms with Crippen LogP contribution in [-0.2, 0) is 10.0 Å². The second kappa shape index (κ2) is 5.68. The minimum absolute atomic E-state index is 0.282. The molecular formula is C9H22N2O2S. The van der Waals surface area contributed by atoms with Crippen LogP contribution in [0.2, 0.25) is 0 Å². The summed E-state index contributed by atoms with van der Waals surface area (Å²) in [6.07, 6.45) is 2.00. The molecule has 0 aromatic carbocycles. The molecule has 0 heterocycles. The molecule has 0 aliphatic carbocycles. The van der Waals surface area contributed by atoms with Crippen molar-refractivity contribution in [2.24, 2.45) is 5.41 Å². The van der Waals surface area contributed by atoms with E-state index in [-0.39, 0.29) is 5.41 Å². The standard InChI is InChI=1S/C9H22N2O2S/c1-9(2,3)8-10-6-5-7-11-14(4,12)13/h10-11H,5-8H2,1-4H3. The van der Waals surface area contributed by atoms with Gasteiger partial charge in [-0.2, -0.15) is 0 Å². The highest BCUT2D eigenvalue weighted by atomic mass is 32.2. The Morgan fingerprint density at radius 2 is 1.71 bits per heavy atom. The van der Waals surface area contributed by atoms with Crippen molar-refractivity contribution in [1.29, 1.82) is 0 Å². The molecule has 0 rings (SSSR count). The zero-order chi connectivity index (χ0) is 11.2. The van der Waals surface area contributed by atoms with Gasteiger partial charge in [0.25, 0.3) is 0 Å². The predicted molar refractivity (Wildman–Crippen MR) is 59.8 cm³/mol. The molecule has 0 bridgehead atoms. The van der Waals surface area contributed by atoms with Crippen LogP contribution in [0.3, 0.4) is 0 Å². The van der Waals surface area contributed by atoms with E-state index in [1.807, 2.05) is 0 Å². The molecule has 5 heteroatoms. The average molecular weight is 222 g/mol. The molecule has 0 atom stereocenters. The third-order valence-electron chi connectivity index (χ3n) is 1.55. The SMILES string of the molecule is CC(C)(C)CNCCCNS(C)(=O)=O. The van der Waals surface area contributed by atoms with E-state index in [0.717, 1.165) is 19.5 Å². The van der Waals surface area contributed by atoms with Crippen molar-refractivity contribution >= 4 is 10.0 Å². The van der Waals surface area contributed by atoms with Crippen LogP contribution in [0.4, 0.5) is 0 Å². The summed E-state index contributed by atoms with van der Waals surface area (Å²) in [4.78, 5) is 0. The smallest absolute Gasteiger partial charge is 0.208 e. The van der Waals surface area contributed by atoms with Gasteiger partial charge in [0.2, 0.25) is 10.0 Å². The first-order chi connectivity index (χ1) is 6.21. The average Bonchev–Trinajstić information content (AvgIpc) is 1.92.